The molecule has 0 aliphatic heterocycles. The van der Waals surface area contributed by atoms with Gasteiger partial charge in [0.15, 0.2) is 0 Å². The summed E-state index contributed by atoms with van der Waals surface area (Å²) in [4.78, 5) is 0. The molecule has 96 valence electrons. The van der Waals surface area contributed by atoms with E-state index in [1.807, 2.05) is 42.3 Å². The summed E-state index contributed by atoms with van der Waals surface area (Å²) in [6, 6.07) is 7.97. The molecule has 1 heterocycles. The largest absolute Gasteiger partial charge is 0.276 e. The summed E-state index contributed by atoms with van der Waals surface area (Å²) in [5.74, 6) is 1.05. The van der Waals surface area contributed by atoms with E-state index in [4.69, 9.17) is 23.2 Å². The van der Waals surface area contributed by atoms with Gasteiger partial charge in [0, 0.05) is 24.1 Å². The highest BCUT2D eigenvalue weighted by Gasteiger charge is 2.11. The average molecular weight is 283 g/mol. The van der Waals surface area contributed by atoms with E-state index < -0.39 is 0 Å². The van der Waals surface area contributed by atoms with Crippen LogP contribution in [0.1, 0.15) is 11.1 Å². The fourth-order valence-electron chi connectivity index (χ4n) is 2.09. The topological polar surface area (TPSA) is 17.8 Å². The second-order valence-corrected chi connectivity index (χ2v) is 5.33. The maximum Gasteiger partial charge on any atom is 0.0521 e. The number of benzene rings is 1. The third-order valence-electron chi connectivity index (χ3n) is 2.91. The van der Waals surface area contributed by atoms with Crippen molar-refractivity contribution in [1.29, 1.82) is 0 Å². The molecule has 0 N–H and O–H groups in total. The molecule has 2 rings (SSSR count). The highest BCUT2D eigenvalue weighted by Crippen LogP contribution is 2.18. The Bertz CT molecular complexity index is 508. The predicted molar refractivity (Wildman–Crippen MR) is 76.3 cm³/mol. The minimum atomic E-state index is 0.411. The van der Waals surface area contributed by atoms with E-state index in [9.17, 15) is 0 Å². The Kier molecular flexibility index (Phi) is 4.67. The Morgan fingerprint density at radius 3 is 2.67 bits per heavy atom. The van der Waals surface area contributed by atoms with Crippen LogP contribution in [0.25, 0.3) is 0 Å². The second-order valence-electron chi connectivity index (χ2n) is 4.58. The van der Waals surface area contributed by atoms with Gasteiger partial charge in [0.05, 0.1) is 6.20 Å². The first kappa shape index (κ1) is 13.4. The number of alkyl halides is 1. The highest BCUT2D eigenvalue weighted by molar-refractivity contribution is 6.30. The SMILES string of the molecule is Cn1cc(CC(CCl)Cc2cccc(Cl)c2)cn1. The molecule has 2 nitrogen and oxygen atoms in total. The van der Waals surface area contributed by atoms with Crippen LogP contribution in [-0.4, -0.2) is 15.7 Å². The molecule has 0 bridgehead atoms. The smallest absolute Gasteiger partial charge is 0.0521 e. The lowest BCUT2D eigenvalue weighted by Gasteiger charge is -2.13. The number of aryl methyl sites for hydroxylation is 1. The summed E-state index contributed by atoms with van der Waals surface area (Å²) in [6.07, 6.45) is 5.83. The van der Waals surface area contributed by atoms with Crippen molar-refractivity contribution < 1.29 is 0 Å². The summed E-state index contributed by atoms with van der Waals surface area (Å²) in [5.41, 5.74) is 2.46. The molecule has 1 unspecified atom stereocenters. The molecule has 0 radical (unpaired) electrons. The van der Waals surface area contributed by atoms with Gasteiger partial charge in [-0.15, -0.1) is 11.6 Å². The molecule has 2 aromatic rings. The maximum absolute atomic E-state index is 6.05. The van der Waals surface area contributed by atoms with Crippen molar-refractivity contribution in [3.05, 3.63) is 52.8 Å². The van der Waals surface area contributed by atoms with Crippen molar-refractivity contribution >= 4 is 23.2 Å². The first-order chi connectivity index (χ1) is 8.67. The van der Waals surface area contributed by atoms with Crippen LogP contribution in [0.2, 0.25) is 5.02 Å². The molecule has 0 aliphatic carbocycles. The van der Waals surface area contributed by atoms with E-state index >= 15 is 0 Å². The Morgan fingerprint density at radius 2 is 2.06 bits per heavy atom. The molecule has 0 saturated carbocycles. The van der Waals surface area contributed by atoms with E-state index in [-0.39, 0.29) is 0 Å². The number of rotatable bonds is 5. The van der Waals surface area contributed by atoms with Crippen LogP contribution < -0.4 is 0 Å². The number of halogens is 2. The Balaban J connectivity index is 2.01. The Morgan fingerprint density at radius 1 is 1.28 bits per heavy atom. The van der Waals surface area contributed by atoms with Gasteiger partial charge in [0.2, 0.25) is 0 Å². The molecule has 0 spiro atoms. The Hall–Kier alpha value is -0.990. The van der Waals surface area contributed by atoms with Crippen LogP contribution in [0, 0.1) is 5.92 Å². The predicted octanol–water partition coefficient (Wildman–Crippen LogP) is 3.71. The fourth-order valence-corrected chi connectivity index (χ4v) is 2.52. The molecule has 1 aromatic carbocycles. The molecular weight excluding hydrogens is 267 g/mol. The first-order valence-electron chi connectivity index (χ1n) is 5.95. The van der Waals surface area contributed by atoms with Crippen LogP contribution in [-0.2, 0) is 19.9 Å². The van der Waals surface area contributed by atoms with Gasteiger partial charge in [-0.2, -0.15) is 5.10 Å². The summed E-state index contributed by atoms with van der Waals surface area (Å²) >= 11 is 12.0. The van der Waals surface area contributed by atoms with E-state index in [0.717, 1.165) is 17.9 Å². The van der Waals surface area contributed by atoms with Gasteiger partial charge >= 0.3 is 0 Å². The minimum Gasteiger partial charge on any atom is -0.276 e. The molecule has 4 heteroatoms. The lowest BCUT2D eigenvalue weighted by molar-refractivity contribution is 0.583. The summed E-state index contributed by atoms with van der Waals surface area (Å²) in [7, 11) is 1.93. The van der Waals surface area contributed by atoms with Crippen molar-refractivity contribution in [3.8, 4) is 0 Å². The van der Waals surface area contributed by atoms with Crippen molar-refractivity contribution in [2.75, 3.05) is 5.88 Å². The van der Waals surface area contributed by atoms with Gasteiger partial charge < -0.3 is 0 Å². The van der Waals surface area contributed by atoms with Gasteiger partial charge in [0.1, 0.15) is 0 Å². The molecule has 0 fully saturated rings. The quantitative estimate of drug-likeness (QED) is 0.765. The normalized spacial score (nSPS) is 12.6. The van der Waals surface area contributed by atoms with Gasteiger partial charge in [-0.1, -0.05) is 23.7 Å². The molecule has 1 atom stereocenters. The standard InChI is InChI=1S/C14H16Cl2N2/c1-18-10-13(9-17-18)6-12(8-15)5-11-3-2-4-14(16)7-11/h2-4,7,9-10,12H,5-6,8H2,1H3. The summed E-state index contributed by atoms with van der Waals surface area (Å²) in [5, 5.41) is 4.96. The number of nitrogens with zero attached hydrogens (tertiary/aromatic N) is 2. The van der Waals surface area contributed by atoms with Gasteiger partial charge in [-0.05, 0) is 42.0 Å². The lowest BCUT2D eigenvalue weighted by Crippen LogP contribution is -2.09. The third-order valence-corrected chi connectivity index (χ3v) is 3.59. The van der Waals surface area contributed by atoms with Crippen molar-refractivity contribution in [1.82, 2.24) is 9.78 Å². The maximum atomic E-state index is 6.05. The monoisotopic (exact) mass is 282 g/mol. The zero-order valence-corrected chi connectivity index (χ0v) is 11.8. The molecule has 1 aromatic heterocycles. The summed E-state index contributed by atoms with van der Waals surface area (Å²) < 4.78 is 1.82. The van der Waals surface area contributed by atoms with E-state index in [1.54, 1.807) is 0 Å². The van der Waals surface area contributed by atoms with E-state index in [0.29, 0.717) is 11.8 Å². The van der Waals surface area contributed by atoms with Crippen LogP contribution in [0.3, 0.4) is 0 Å². The first-order valence-corrected chi connectivity index (χ1v) is 6.86. The van der Waals surface area contributed by atoms with Crippen molar-refractivity contribution in [2.24, 2.45) is 13.0 Å². The zero-order chi connectivity index (χ0) is 13.0. The highest BCUT2D eigenvalue weighted by atomic mass is 35.5. The zero-order valence-electron chi connectivity index (χ0n) is 10.3. The van der Waals surface area contributed by atoms with Gasteiger partial charge in [-0.3, -0.25) is 4.68 Å². The van der Waals surface area contributed by atoms with Crippen molar-refractivity contribution in [2.45, 2.75) is 12.8 Å². The molecule has 18 heavy (non-hydrogen) atoms. The van der Waals surface area contributed by atoms with E-state index in [1.165, 1.54) is 11.1 Å². The number of hydrogen-bond donors (Lipinski definition) is 0. The second kappa shape index (κ2) is 6.26. The Labute approximate surface area is 118 Å². The van der Waals surface area contributed by atoms with Crippen LogP contribution in [0.4, 0.5) is 0 Å². The average Bonchev–Trinajstić information content (AvgIpc) is 2.74. The number of hydrogen-bond acceptors (Lipinski definition) is 1. The van der Waals surface area contributed by atoms with Crippen LogP contribution in [0.15, 0.2) is 36.7 Å². The number of aromatic nitrogens is 2. The molecule has 0 saturated heterocycles. The van der Waals surface area contributed by atoms with Gasteiger partial charge in [0.25, 0.3) is 0 Å². The lowest BCUT2D eigenvalue weighted by atomic mass is 9.95. The molecule has 0 amide bonds. The molecule has 0 aliphatic rings. The van der Waals surface area contributed by atoms with Crippen molar-refractivity contribution in [3.63, 3.8) is 0 Å². The fraction of sp³-hybridized carbons (Fsp3) is 0.357. The third kappa shape index (κ3) is 3.76. The van der Waals surface area contributed by atoms with E-state index in [2.05, 4.69) is 11.2 Å². The summed E-state index contributed by atoms with van der Waals surface area (Å²) in [6.45, 7) is 0. The van der Waals surface area contributed by atoms with Crippen LogP contribution in [0.5, 0.6) is 0 Å². The minimum absolute atomic E-state index is 0.411. The van der Waals surface area contributed by atoms with Gasteiger partial charge in [-0.25, -0.2) is 0 Å². The molecular formula is C14H16Cl2N2. The van der Waals surface area contributed by atoms with Crippen LogP contribution >= 0.6 is 23.2 Å².